The predicted octanol–water partition coefficient (Wildman–Crippen LogP) is 4.10. The minimum atomic E-state index is -0.326. The number of halogens is 1. The van der Waals surface area contributed by atoms with Gasteiger partial charge in [0.05, 0.1) is 0 Å². The molecular formula is C20H19FN4O. The average Bonchev–Trinajstić information content (AvgIpc) is 2.62. The third-order valence-corrected chi connectivity index (χ3v) is 3.80. The largest absolute Gasteiger partial charge is 0.366 e. The van der Waals surface area contributed by atoms with Crippen LogP contribution in [0, 0.1) is 19.7 Å². The van der Waals surface area contributed by atoms with Gasteiger partial charge in [-0.05, 0) is 32.0 Å². The van der Waals surface area contributed by atoms with Crippen molar-refractivity contribution in [1.82, 2.24) is 9.97 Å². The maximum Gasteiger partial charge on any atom is 0.274 e. The number of carbonyl (C=O) groups is 1. The molecule has 0 aliphatic heterocycles. The summed E-state index contributed by atoms with van der Waals surface area (Å²) >= 11 is 0. The highest BCUT2D eigenvalue weighted by Gasteiger charge is 2.11. The number of hydrogen-bond acceptors (Lipinski definition) is 4. The molecule has 1 amide bonds. The van der Waals surface area contributed by atoms with Crippen molar-refractivity contribution in [3.05, 3.63) is 83.1 Å². The van der Waals surface area contributed by atoms with E-state index in [1.165, 1.54) is 6.07 Å². The molecule has 1 heterocycles. The van der Waals surface area contributed by atoms with Crippen molar-refractivity contribution in [2.24, 2.45) is 0 Å². The van der Waals surface area contributed by atoms with Gasteiger partial charge >= 0.3 is 0 Å². The molecule has 0 spiro atoms. The van der Waals surface area contributed by atoms with Gasteiger partial charge in [-0.15, -0.1) is 0 Å². The van der Waals surface area contributed by atoms with E-state index >= 15 is 0 Å². The van der Waals surface area contributed by atoms with Crippen molar-refractivity contribution in [1.29, 1.82) is 0 Å². The fraction of sp³-hybridized carbons (Fsp3) is 0.150. The topological polar surface area (TPSA) is 66.9 Å². The Morgan fingerprint density at radius 1 is 1.04 bits per heavy atom. The van der Waals surface area contributed by atoms with Crippen molar-refractivity contribution < 1.29 is 9.18 Å². The van der Waals surface area contributed by atoms with Crippen molar-refractivity contribution >= 4 is 17.4 Å². The molecule has 0 unspecified atom stereocenters. The Morgan fingerprint density at radius 3 is 2.50 bits per heavy atom. The molecule has 132 valence electrons. The number of nitrogens with one attached hydrogen (secondary N) is 2. The van der Waals surface area contributed by atoms with Crippen LogP contribution in [-0.2, 0) is 6.54 Å². The lowest BCUT2D eigenvalue weighted by Gasteiger charge is -2.10. The molecule has 1 aromatic heterocycles. The molecule has 0 atom stereocenters. The summed E-state index contributed by atoms with van der Waals surface area (Å²) in [6.07, 6.45) is 0. The van der Waals surface area contributed by atoms with Gasteiger partial charge in [0.1, 0.15) is 23.2 Å². The normalized spacial score (nSPS) is 10.4. The van der Waals surface area contributed by atoms with Crippen molar-refractivity contribution in [2.45, 2.75) is 20.4 Å². The SMILES string of the molecule is Cc1ccc(NC(=O)c2cc(NCc3ccccc3F)nc(C)n2)cc1. The number of rotatable bonds is 5. The van der Waals surface area contributed by atoms with Gasteiger partial charge in [-0.1, -0.05) is 35.9 Å². The second kappa shape index (κ2) is 7.74. The van der Waals surface area contributed by atoms with Crippen LogP contribution in [0.15, 0.2) is 54.6 Å². The number of aryl methyl sites for hydroxylation is 2. The maximum atomic E-state index is 13.7. The number of carbonyl (C=O) groups excluding carboxylic acids is 1. The number of amides is 1. The van der Waals surface area contributed by atoms with Gasteiger partial charge in [0.15, 0.2) is 0 Å². The van der Waals surface area contributed by atoms with Gasteiger partial charge in [0.2, 0.25) is 0 Å². The Labute approximate surface area is 151 Å². The van der Waals surface area contributed by atoms with Crippen LogP contribution in [0.5, 0.6) is 0 Å². The van der Waals surface area contributed by atoms with Gasteiger partial charge in [-0.25, -0.2) is 14.4 Å². The van der Waals surface area contributed by atoms with Gasteiger partial charge in [0, 0.05) is 23.9 Å². The zero-order valence-electron chi connectivity index (χ0n) is 14.6. The van der Waals surface area contributed by atoms with Crippen LogP contribution in [0.25, 0.3) is 0 Å². The lowest BCUT2D eigenvalue weighted by molar-refractivity contribution is 0.102. The second-order valence-corrected chi connectivity index (χ2v) is 5.95. The van der Waals surface area contributed by atoms with Crippen LogP contribution < -0.4 is 10.6 Å². The van der Waals surface area contributed by atoms with E-state index in [2.05, 4.69) is 20.6 Å². The maximum absolute atomic E-state index is 13.7. The van der Waals surface area contributed by atoms with Crippen molar-refractivity contribution in [3.8, 4) is 0 Å². The van der Waals surface area contributed by atoms with Gasteiger partial charge < -0.3 is 10.6 Å². The van der Waals surface area contributed by atoms with E-state index in [1.807, 2.05) is 31.2 Å². The molecule has 0 saturated carbocycles. The number of hydrogen-bond donors (Lipinski definition) is 2. The Morgan fingerprint density at radius 2 is 1.77 bits per heavy atom. The molecule has 2 aromatic carbocycles. The monoisotopic (exact) mass is 350 g/mol. The van der Waals surface area contributed by atoms with Crippen LogP contribution in [-0.4, -0.2) is 15.9 Å². The minimum Gasteiger partial charge on any atom is -0.366 e. The molecule has 2 N–H and O–H groups in total. The summed E-state index contributed by atoms with van der Waals surface area (Å²) in [6.45, 7) is 3.95. The standard InChI is InChI=1S/C20H19FN4O/c1-13-7-9-16(10-8-13)25-20(26)18-11-19(24-14(2)23-18)22-12-15-5-3-4-6-17(15)21/h3-11H,12H2,1-2H3,(H,25,26)(H,22,23,24). The zero-order chi connectivity index (χ0) is 18.5. The summed E-state index contributed by atoms with van der Waals surface area (Å²) < 4.78 is 13.7. The zero-order valence-corrected chi connectivity index (χ0v) is 14.6. The summed E-state index contributed by atoms with van der Waals surface area (Å²) in [5.41, 5.74) is 2.57. The van der Waals surface area contributed by atoms with E-state index in [-0.39, 0.29) is 24.0 Å². The van der Waals surface area contributed by atoms with E-state index in [9.17, 15) is 9.18 Å². The van der Waals surface area contributed by atoms with Crippen molar-refractivity contribution in [3.63, 3.8) is 0 Å². The highest BCUT2D eigenvalue weighted by Crippen LogP contribution is 2.14. The quantitative estimate of drug-likeness (QED) is 0.727. The summed E-state index contributed by atoms with van der Waals surface area (Å²) in [4.78, 5) is 20.9. The first-order valence-electron chi connectivity index (χ1n) is 8.22. The van der Waals surface area contributed by atoms with E-state index in [4.69, 9.17) is 0 Å². The molecule has 0 aliphatic carbocycles. The first-order valence-corrected chi connectivity index (χ1v) is 8.22. The molecule has 3 rings (SSSR count). The van der Waals surface area contributed by atoms with E-state index < -0.39 is 0 Å². The molecule has 5 nitrogen and oxygen atoms in total. The Hall–Kier alpha value is -3.28. The molecule has 0 aliphatic rings. The fourth-order valence-corrected chi connectivity index (χ4v) is 2.43. The molecule has 0 fully saturated rings. The molecule has 3 aromatic rings. The van der Waals surface area contributed by atoms with Crippen LogP contribution in [0.3, 0.4) is 0 Å². The van der Waals surface area contributed by atoms with E-state index in [0.29, 0.717) is 22.9 Å². The second-order valence-electron chi connectivity index (χ2n) is 5.95. The minimum absolute atomic E-state index is 0.245. The van der Waals surface area contributed by atoms with Crippen LogP contribution in [0.4, 0.5) is 15.9 Å². The van der Waals surface area contributed by atoms with Gasteiger partial charge in [-0.2, -0.15) is 0 Å². The Kier molecular flexibility index (Phi) is 5.22. The van der Waals surface area contributed by atoms with Crippen LogP contribution in [0.1, 0.15) is 27.4 Å². The molecule has 26 heavy (non-hydrogen) atoms. The number of anilines is 2. The summed E-state index contributed by atoms with van der Waals surface area (Å²) in [6, 6.07) is 15.6. The Bertz CT molecular complexity index is 925. The summed E-state index contributed by atoms with van der Waals surface area (Å²) in [7, 11) is 0. The molecule has 0 bridgehead atoms. The first-order chi connectivity index (χ1) is 12.5. The number of benzene rings is 2. The highest BCUT2D eigenvalue weighted by atomic mass is 19.1. The van der Waals surface area contributed by atoms with E-state index in [0.717, 1.165) is 5.56 Å². The lowest BCUT2D eigenvalue weighted by atomic mass is 10.2. The summed E-state index contributed by atoms with van der Waals surface area (Å²) in [5.74, 6) is 0.309. The number of aromatic nitrogens is 2. The molecule has 0 radical (unpaired) electrons. The fourth-order valence-electron chi connectivity index (χ4n) is 2.43. The average molecular weight is 350 g/mol. The van der Waals surface area contributed by atoms with Gasteiger partial charge in [0.25, 0.3) is 5.91 Å². The third-order valence-electron chi connectivity index (χ3n) is 3.80. The third kappa shape index (κ3) is 4.42. The summed E-state index contributed by atoms with van der Waals surface area (Å²) in [5, 5.41) is 5.84. The Balaban J connectivity index is 1.73. The lowest BCUT2D eigenvalue weighted by Crippen LogP contribution is -2.16. The molecule has 0 saturated heterocycles. The molecule has 6 heteroatoms. The highest BCUT2D eigenvalue weighted by molar-refractivity contribution is 6.03. The van der Waals surface area contributed by atoms with E-state index in [1.54, 1.807) is 31.2 Å². The van der Waals surface area contributed by atoms with Gasteiger partial charge in [-0.3, -0.25) is 4.79 Å². The predicted molar refractivity (Wildman–Crippen MR) is 99.6 cm³/mol. The smallest absolute Gasteiger partial charge is 0.274 e. The first kappa shape index (κ1) is 17.5. The van der Waals surface area contributed by atoms with Crippen molar-refractivity contribution in [2.75, 3.05) is 10.6 Å². The molecular weight excluding hydrogens is 331 g/mol. The van der Waals surface area contributed by atoms with Crippen LogP contribution in [0.2, 0.25) is 0 Å². The van der Waals surface area contributed by atoms with Crippen LogP contribution >= 0.6 is 0 Å². The number of nitrogens with zero attached hydrogens (tertiary/aromatic N) is 2.